The van der Waals surface area contributed by atoms with Crippen LogP contribution in [0.15, 0.2) is 0 Å². The van der Waals surface area contributed by atoms with Crippen molar-refractivity contribution in [1.82, 2.24) is 15.1 Å². The molecule has 4 nitrogen and oxygen atoms in total. The molecule has 2 atom stereocenters. The van der Waals surface area contributed by atoms with Gasteiger partial charge in [0.05, 0.1) is 12.6 Å². The lowest BCUT2D eigenvalue weighted by Crippen LogP contribution is -2.54. The maximum atomic E-state index is 12.2. The van der Waals surface area contributed by atoms with Gasteiger partial charge in [-0.2, -0.15) is 13.2 Å². The molecule has 2 heterocycles. The second kappa shape index (κ2) is 5.09. The minimum Gasteiger partial charge on any atom is -0.390 e. The Kier molecular flexibility index (Phi) is 3.92. The summed E-state index contributed by atoms with van der Waals surface area (Å²) in [7, 11) is 0. The monoisotopic (exact) mass is 253 g/mol. The molecule has 0 radical (unpaired) electrons. The van der Waals surface area contributed by atoms with Crippen LogP contribution >= 0.6 is 0 Å². The minimum absolute atomic E-state index is 0.0584. The number of nitrogens with one attached hydrogen (secondary N) is 1. The molecule has 7 heteroatoms. The highest BCUT2D eigenvalue weighted by atomic mass is 19.4. The molecule has 0 amide bonds. The molecule has 2 saturated heterocycles. The van der Waals surface area contributed by atoms with E-state index >= 15 is 0 Å². The van der Waals surface area contributed by atoms with Crippen molar-refractivity contribution in [3.05, 3.63) is 0 Å². The first kappa shape index (κ1) is 13.1. The van der Waals surface area contributed by atoms with Gasteiger partial charge in [-0.25, -0.2) is 0 Å². The number of β-amino-alcohol motifs (C(OH)–C–C–N with tert-alkyl or cyclic N) is 1. The van der Waals surface area contributed by atoms with Crippen molar-refractivity contribution in [2.24, 2.45) is 0 Å². The Morgan fingerprint density at radius 3 is 2.24 bits per heavy atom. The van der Waals surface area contributed by atoms with Crippen molar-refractivity contribution in [3.8, 4) is 0 Å². The van der Waals surface area contributed by atoms with Gasteiger partial charge in [-0.05, 0) is 0 Å². The predicted molar refractivity (Wildman–Crippen MR) is 56.7 cm³/mol. The summed E-state index contributed by atoms with van der Waals surface area (Å²) in [6.07, 6.45) is -4.51. The molecule has 2 N–H and O–H groups in total. The molecule has 100 valence electrons. The van der Waals surface area contributed by atoms with E-state index in [-0.39, 0.29) is 6.04 Å². The number of rotatable bonds is 2. The largest absolute Gasteiger partial charge is 0.401 e. The van der Waals surface area contributed by atoms with Crippen LogP contribution in [0.1, 0.15) is 0 Å². The summed E-state index contributed by atoms with van der Waals surface area (Å²) in [5.74, 6) is 0. The van der Waals surface area contributed by atoms with E-state index in [0.717, 1.165) is 6.54 Å². The smallest absolute Gasteiger partial charge is 0.390 e. The number of alkyl halides is 3. The summed E-state index contributed by atoms with van der Waals surface area (Å²) in [5, 5.41) is 12.8. The summed E-state index contributed by atoms with van der Waals surface area (Å²) in [5.41, 5.74) is 0. The average molecular weight is 253 g/mol. The van der Waals surface area contributed by atoms with Crippen molar-refractivity contribution >= 4 is 0 Å². The van der Waals surface area contributed by atoms with E-state index < -0.39 is 18.8 Å². The molecule has 0 aromatic carbocycles. The standard InChI is InChI=1S/C10H18F3N3O/c11-10(12,13)7-15-1-3-16(4-2-15)8-5-14-6-9(8)17/h8-9,14,17H,1-7H2. The summed E-state index contributed by atoms with van der Waals surface area (Å²) in [4.78, 5) is 3.50. The summed E-state index contributed by atoms with van der Waals surface area (Å²) < 4.78 is 36.6. The Morgan fingerprint density at radius 2 is 1.76 bits per heavy atom. The quantitative estimate of drug-likeness (QED) is 0.696. The molecule has 2 unspecified atom stereocenters. The highest BCUT2D eigenvalue weighted by Gasteiger charge is 2.35. The Bertz CT molecular complexity index is 254. The highest BCUT2D eigenvalue weighted by Crippen LogP contribution is 2.19. The maximum absolute atomic E-state index is 12.2. The molecular weight excluding hydrogens is 235 g/mol. The van der Waals surface area contributed by atoms with Gasteiger partial charge in [-0.15, -0.1) is 0 Å². The molecule has 2 fully saturated rings. The van der Waals surface area contributed by atoms with Gasteiger partial charge in [-0.1, -0.05) is 0 Å². The first-order valence-electron chi connectivity index (χ1n) is 5.87. The van der Waals surface area contributed by atoms with E-state index in [9.17, 15) is 18.3 Å². The fraction of sp³-hybridized carbons (Fsp3) is 1.00. The van der Waals surface area contributed by atoms with Crippen LogP contribution in [0.2, 0.25) is 0 Å². The predicted octanol–water partition coefficient (Wildman–Crippen LogP) is -0.501. The molecule has 17 heavy (non-hydrogen) atoms. The number of nitrogens with zero attached hydrogens (tertiary/aromatic N) is 2. The van der Waals surface area contributed by atoms with Crippen LogP contribution < -0.4 is 5.32 Å². The van der Waals surface area contributed by atoms with Crippen molar-refractivity contribution in [2.45, 2.75) is 18.3 Å². The average Bonchev–Trinajstić information content (AvgIpc) is 2.63. The van der Waals surface area contributed by atoms with Crippen molar-refractivity contribution < 1.29 is 18.3 Å². The second-order valence-corrected chi connectivity index (χ2v) is 4.72. The van der Waals surface area contributed by atoms with Crippen LogP contribution in [0.4, 0.5) is 13.2 Å². The first-order valence-corrected chi connectivity index (χ1v) is 5.87. The molecule has 0 aromatic rings. The topological polar surface area (TPSA) is 38.7 Å². The van der Waals surface area contributed by atoms with Gasteiger partial charge in [0.1, 0.15) is 0 Å². The molecule has 2 aliphatic heterocycles. The highest BCUT2D eigenvalue weighted by molar-refractivity contribution is 4.90. The third-order valence-electron chi connectivity index (χ3n) is 3.43. The molecule has 0 aromatic heterocycles. The van der Waals surface area contributed by atoms with Crippen LogP contribution in [0.5, 0.6) is 0 Å². The van der Waals surface area contributed by atoms with Gasteiger partial charge in [0, 0.05) is 45.3 Å². The molecule has 0 bridgehead atoms. The Balaban J connectivity index is 1.78. The van der Waals surface area contributed by atoms with Crippen LogP contribution in [-0.4, -0.2) is 79.0 Å². The zero-order valence-electron chi connectivity index (χ0n) is 9.58. The van der Waals surface area contributed by atoms with Gasteiger partial charge < -0.3 is 10.4 Å². The van der Waals surface area contributed by atoms with E-state index in [1.165, 1.54) is 4.90 Å². The molecule has 0 saturated carbocycles. The van der Waals surface area contributed by atoms with Crippen molar-refractivity contribution in [1.29, 1.82) is 0 Å². The normalized spacial score (nSPS) is 33.2. The summed E-state index contributed by atoms with van der Waals surface area (Å²) in [6, 6.07) is 0.0584. The number of hydrogen-bond donors (Lipinski definition) is 2. The zero-order chi connectivity index (χ0) is 12.5. The van der Waals surface area contributed by atoms with E-state index in [1.54, 1.807) is 0 Å². The van der Waals surface area contributed by atoms with Gasteiger partial charge in [-0.3, -0.25) is 9.80 Å². The minimum atomic E-state index is -4.11. The third kappa shape index (κ3) is 3.54. The zero-order valence-corrected chi connectivity index (χ0v) is 9.58. The lowest BCUT2D eigenvalue weighted by molar-refractivity contribution is -0.150. The summed E-state index contributed by atoms with van der Waals surface area (Å²) >= 11 is 0. The second-order valence-electron chi connectivity index (χ2n) is 4.72. The SMILES string of the molecule is OC1CNCC1N1CCN(CC(F)(F)F)CC1. The third-order valence-corrected chi connectivity index (χ3v) is 3.43. The van der Waals surface area contributed by atoms with Crippen LogP contribution in [-0.2, 0) is 0 Å². The van der Waals surface area contributed by atoms with Gasteiger partial charge in [0.25, 0.3) is 0 Å². The van der Waals surface area contributed by atoms with Gasteiger partial charge >= 0.3 is 6.18 Å². The Labute approximate surface area is 98.4 Å². The molecular formula is C10H18F3N3O. The van der Waals surface area contributed by atoms with Gasteiger partial charge in [0.15, 0.2) is 0 Å². The fourth-order valence-corrected chi connectivity index (χ4v) is 2.53. The van der Waals surface area contributed by atoms with Crippen LogP contribution in [0, 0.1) is 0 Å². The fourth-order valence-electron chi connectivity index (χ4n) is 2.53. The Morgan fingerprint density at radius 1 is 1.12 bits per heavy atom. The van der Waals surface area contributed by atoms with Gasteiger partial charge in [0.2, 0.25) is 0 Å². The number of hydrogen-bond acceptors (Lipinski definition) is 4. The molecule has 0 spiro atoms. The molecule has 2 aliphatic rings. The van der Waals surface area contributed by atoms with E-state index in [1.807, 2.05) is 0 Å². The van der Waals surface area contributed by atoms with E-state index in [0.29, 0.717) is 32.7 Å². The number of aliphatic hydroxyl groups is 1. The lowest BCUT2D eigenvalue weighted by atomic mass is 10.1. The number of aliphatic hydroxyl groups excluding tert-OH is 1. The molecule has 2 rings (SSSR count). The lowest BCUT2D eigenvalue weighted by Gasteiger charge is -2.38. The Hall–Kier alpha value is -0.370. The maximum Gasteiger partial charge on any atom is 0.401 e. The van der Waals surface area contributed by atoms with E-state index in [4.69, 9.17) is 0 Å². The number of piperazine rings is 1. The van der Waals surface area contributed by atoms with Crippen LogP contribution in [0.25, 0.3) is 0 Å². The van der Waals surface area contributed by atoms with E-state index in [2.05, 4.69) is 10.2 Å². The first-order chi connectivity index (χ1) is 7.96. The van der Waals surface area contributed by atoms with Crippen molar-refractivity contribution in [3.63, 3.8) is 0 Å². The van der Waals surface area contributed by atoms with Crippen LogP contribution in [0.3, 0.4) is 0 Å². The molecule has 0 aliphatic carbocycles. The number of halogens is 3. The summed E-state index contributed by atoms with van der Waals surface area (Å²) in [6.45, 7) is 2.50. The van der Waals surface area contributed by atoms with Crippen molar-refractivity contribution in [2.75, 3.05) is 45.8 Å².